The number of nitrogens with zero attached hydrogens (tertiary/aromatic N) is 3. The third kappa shape index (κ3) is 3.52. The van der Waals surface area contributed by atoms with Gasteiger partial charge in [-0.1, -0.05) is 0 Å². The molecule has 0 bridgehead atoms. The highest BCUT2D eigenvalue weighted by Gasteiger charge is 2.28. The number of pyridine rings is 1. The molecule has 0 saturated carbocycles. The molecule has 23 heavy (non-hydrogen) atoms. The molecule has 0 unspecified atom stereocenters. The van der Waals surface area contributed by atoms with Gasteiger partial charge in [0.1, 0.15) is 5.56 Å². The Labute approximate surface area is 140 Å². The van der Waals surface area contributed by atoms with Gasteiger partial charge in [-0.15, -0.1) is 11.3 Å². The molecule has 0 aromatic carbocycles. The third-order valence-electron chi connectivity index (χ3n) is 3.98. The van der Waals surface area contributed by atoms with Crippen LogP contribution in [0.3, 0.4) is 0 Å². The van der Waals surface area contributed by atoms with Gasteiger partial charge in [-0.3, -0.25) is 4.79 Å². The van der Waals surface area contributed by atoms with Crippen molar-refractivity contribution < 1.29 is 9.53 Å². The van der Waals surface area contributed by atoms with Gasteiger partial charge in [0.15, 0.2) is 0 Å². The van der Waals surface area contributed by atoms with E-state index < -0.39 is 0 Å². The monoisotopic (exact) mass is 331 g/mol. The topological polar surface area (TPSA) is 55.3 Å². The molecule has 0 N–H and O–H groups in total. The van der Waals surface area contributed by atoms with E-state index in [0.717, 1.165) is 24.4 Å². The SMILES string of the molecule is CCOc1ncccc1C(=O)N1CCC[C@H](c2ncc(C)s2)C1. The number of amides is 1. The van der Waals surface area contributed by atoms with Crippen molar-refractivity contribution in [1.82, 2.24) is 14.9 Å². The summed E-state index contributed by atoms with van der Waals surface area (Å²) in [6.45, 7) is 5.95. The van der Waals surface area contributed by atoms with Crippen molar-refractivity contribution in [3.8, 4) is 5.88 Å². The van der Waals surface area contributed by atoms with E-state index in [4.69, 9.17) is 4.74 Å². The van der Waals surface area contributed by atoms with Crippen molar-refractivity contribution in [3.63, 3.8) is 0 Å². The molecule has 2 aromatic rings. The van der Waals surface area contributed by atoms with Crippen molar-refractivity contribution in [2.24, 2.45) is 0 Å². The zero-order valence-corrected chi connectivity index (χ0v) is 14.3. The standard InChI is InChI=1S/C17H21N3O2S/c1-3-22-15-14(7-4-8-18-15)17(21)20-9-5-6-13(11-20)16-19-10-12(2)23-16/h4,7-8,10,13H,3,5-6,9,11H2,1-2H3/t13-/m0/s1. The molecule has 1 atom stereocenters. The molecule has 122 valence electrons. The van der Waals surface area contributed by atoms with E-state index in [0.29, 0.717) is 30.5 Å². The highest BCUT2D eigenvalue weighted by molar-refractivity contribution is 7.11. The first kappa shape index (κ1) is 15.9. The van der Waals surface area contributed by atoms with Gasteiger partial charge in [0.2, 0.25) is 5.88 Å². The summed E-state index contributed by atoms with van der Waals surface area (Å²) >= 11 is 1.73. The molecule has 1 aliphatic heterocycles. The van der Waals surface area contributed by atoms with Crippen molar-refractivity contribution in [3.05, 3.63) is 40.0 Å². The Morgan fingerprint density at radius 1 is 1.48 bits per heavy atom. The Bertz CT molecular complexity index is 686. The fourth-order valence-electron chi connectivity index (χ4n) is 2.90. The van der Waals surface area contributed by atoms with Crippen LogP contribution >= 0.6 is 11.3 Å². The average molecular weight is 331 g/mol. The number of piperidine rings is 1. The van der Waals surface area contributed by atoms with Crippen molar-refractivity contribution in [1.29, 1.82) is 0 Å². The normalized spacial score (nSPS) is 18.0. The van der Waals surface area contributed by atoms with Gasteiger partial charge in [-0.2, -0.15) is 0 Å². The van der Waals surface area contributed by atoms with Crippen LogP contribution < -0.4 is 4.74 Å². The summed E-state index contributed by atoms with van der Waals surface area (Å²) < 4.78 is 5.49. The lowest BCUT2D eigenvalue weighted by atomic mass is 9.98. The zero-order chi connectivity index (χ0) is 16.2. The summed E-state index contributed by atoms with van der Waals surface area (Å²) in [5.41, 5.74) is 0.547. The number of rotatable bonds is 4. The van der Waals surface area contributed by atoms with Gasteiger partial charge in [0.05, 0.1) is 11.6 Å². The number of hydrogen-bond donors (Lipinski definition) is 0. The smallest absolute Gasteiger partial charge is 0.259 e. The number of hydrogen-bond acceptors (Lipinski definition) is 5. The van der Waals surface area contributed by atoms with Crippen LogP contribution in [0.25, 0.3) is 0 Å². The van der Waals surface area contributed by atoms with Gasteiger partial charge in [-0.25, -0.2) is 9.97 Å². The van der Waals surface area contributed by atoms with Crippen LogP contribution in [0.2, 0.25) is 0 Å². The summed E-state index contributed by atoms with van der Waals surface area (Å²) in [5.74, 6) is 0.755. The summed E-state index contributed by atoms with van der Waals surface area (Å²) in [7, 11) is 0. The van der Waals surface area contributed by atoms with E-state index >= 15 is 0 Å². The van der Waals surface area contributed by atoms with Gasteiger partial charge in [0.25, 0.3) is 5.91 Å². The number of ether oxygens (including phenoxy) is 1. The van der Waals surface area contributed by atoms with E-state index in [-0.39, 0.29) is 5.91 Å². The second-order valence-electron chi connectivity index (χ2n) is 5.69. The average Bonchev–Trinajstić information content (AvgIpc) is 3.02. The lowest BCUT2D eigenvalue weighted by Gasteiger charge is -2.32. The molecule has 1 amide bonds. The molecule has 1 saturated heterocycles. The highest BCUT2D eigenvalue weighted by Crippen LogP contribution is 2.31. The maximum Gasteiger partial charge on any atom is 0.259 e. The number of aromatic nitrogens is 2. The largest absolute Gasteiger partial charge is 0.477 e. The van der Waals surface area contributed by atoms with Crippen LogP contribution in [0.1, 0.15) is 45.9 Å². The van der Waals surface area contributed by atoms with Crippen LogP contribution in [0, 0.1) is 6.92 Å². The minimum absolute atomic E-state index is 0.000437. The molecule has 0 spiro atoms. The van der Waals surface area contributed by atoms with E-state index in [9.17, 15) is 4.79 Å². The Hall–Kier alpha value is -1.95. The predicted octanol–water partition coefficient (Wildman–Crippen LogP) is 3.27. The summed E-state index contributed by atoms with van der Waals surface area (Å²) in [4.78, 5) is 24.7. The van der Waals surface area contributed by atoms with Crippen LogP contribution in [0.15, 0.2) is 24.5 Å². The lowest BCUT2D eigenvalue weighted by molar-refractivity contribution is 0.0702. The molecule has 0 aliphatic carbocycles. The molecule has 6 heteroatoms. The van der Waals surface area contributed by atoms with Crippen molar-refractivity contribution in [2.75, 3.05) is 19.7 Å². The second kappa shape index (κ2) is 7.08. The Kier molecular flexibility index (Phi) is 4.91. The van der Waals surface area contributed by atoms with Crippen molar-refractivity contribution >= 4 is 17.2 Å². The van der Waals surface area contributed by atoms with Gasteiger partial charge < -0.3 is 9.64 Å². The summed E-state index contributed by atoms with van der Waals surface area (Å²) in [6, 6.07) is 3.57. The molecular weight excluding hydrogens is 310 g/mol. The van der Waals surface area contributed by atoms with Gasteiger partial charge in [-0.05, 0) is 38.8 Å². The van der Waals surface area contributed by atoms with E-state index in [1.54, 1.807) is 29.7 Å². The number of likely N-dealkylation sites (tertiary alicyclic amines) is 1. The first-order chi connectivity index (χ1) is 11.2. The Balaban J connectivity index is 1.77. The Morgan fingerprint density at radius 2 is 2.35 bits per heavy atom. The number of carbonyl (C=O) groups is 1. The Morgan fingerprint density at radius 3 is 3.09 bits per heavy atom. The summed E-state index contributed by atoms with van der Waals surface area (Å²) in [6.07, 6.45) is 5.65. The third-order valence-corrected chi connectivity index (χ3v) is 5.05. The highest BCUT2D eigenvalue weighted by atomic mass is 32.1. The van der Waals surface area contributed by atoms with Crippen LogP contribution in [-0.4, -0.2) is 40.5 Å². The molecule has 1 fully saturated rings. The van der Waals surface area contributed by atoms with Crippen LogP contribution in [0.5, 0.6) is 5.88 Å². The predicted molar refractivity (Wildman–Crippen MR) is 90.1 cm³/mol. The van der Waals surface area contributed by atoms with E-state index in [1.165, 1.54) is 4.88 Å². The molecule has 1 aliphatic rings. The maximum atomic E-state index is 12.9. The molecule has 5 nitrogen and oxygen atoms in total. The molecular formula is C17H21N3O2S. The van der Waals surface area contributed by atoms with E-state index in [1.807, 2.05) is 18.0 Å². The maximum absolute atomic E-state index is 12.9. The van der Waals surface area contributed by atoms with Gasteiger partial charge in [0, 0.05) is 36.3 Å². The molecule has 3 heterocycles. The second-order valence-corrected chi connectivity index (χ2v) is 6.95. The van der Waals surface area contributed by atoms with Crippen LogP contribution in [0.4, 0.5) is 0 Å². The number of thiazole rings is 1. The van der Waals surface area contributed by atoms with E-state index in [2.05, 4.69) is 16.9 Å². The first-order valence-electron chi connectivity index (χ1n) is 7.98. The zero-order valence-electron chi connectivity index (χ0n) is 13.5. The fraction of sp³-hybridized carbons (Fsp3) is 0.471. The lowest BCUT2D eigenvalue weighted by Crippen LogP contribution is -2.39. The van der Waals surface area contributed by atoms with Crippen LogP contribution in [-0.2, 0) is 0 Å². The molecule has 3 rings (SSSR count). The minimum Gasteiger partial charge on any atom is -0.477 e. The summed E-state index contributed by atoms with van der Waals surface area (Å²) in [5, 5.41) is 1.14. The quantitative estimate of drug-likeness (QED) is 0.863. The first-order valence-corrected chi connectivity index (χ1v) is 8.80. The van der Waals surface area contributed by atoms with Crippen molar-refractivity contribution in [2.45, 2.75) is 32.6 Å². The molecule has 2 aromatic heterocycles. The number of carbonyl (C=O) groups excluding carboxylic acids is 1. The minimum atomic E-state index is -0.000437. The fourth-order valence-corrected chi connectivity index (χ4v) is 3.80. The van der Waals surface area contributed by atoms with Gasteiger partial charge >= 0.3 is 0 Å². The number of aryl methyl sites for hydroxylation is 1. The molecule has 0 radical (unpaired) electrons.